The van der Waals surface area contributed by atoms with Crippen LogP contribution in [0.5, 0.6) is 0 Å². The van der Waals surface area contributed by atoms with Gasteiger partial charge in [-0.25, -0.2) is 14.8 Å². The van der Waals surface area contributed by atoms with Gasteiger partial charge in [0.15, 0.2) is 0 Å². The third kappa shape index (κ3) is 8.26. The van der Waals surface area contributed by atoms with E-state index in [0.717, 1.165) is 49.5 Å². The van der Waals surface area contributed by atoms with Crippen LogP contribution in [0.4, 0.5) is 17.3 Å². The van der Waals surface area contributed by atoms with E-state index in [2.05, 4.69) is 20.2 Å². The predicted molar refractivity (Wildman–Crippen MR) is 137 cm³/mol. The second kappa shape index (κ2) is 11.9. The normalized spacial score (nSPS) is 17.0. The number of piperidine rings is 1. The van der Waals surface area contributed by atoms with Crippen molar-refractivity contribution < 1.29 is 18.4 Å². The first-order valence-corrected chi connectivity index (χ1v) is 13.1. The fourth-order valence-corrected chi connectivity index (χ4v) is 4.14. The molecule has 10 heteroatoms. The second-order valence-corrected chi connectivity index (χ2v) is 11.6. The lowest BCUT2D eigenvalue weighted by molar-refractivity contribution is -0.205. The van der Waals surface area contributed by atoms with Crippen LogP contribution in [0.25, 0.3) is 0 Å². The highest BCUT2D eigenvalue weighted by Crippen LogP contribution is 2.24. The minimum absolute atomic E-state index is 0.197. The highest BCUT2D eigenvalue weighted by molar-refractivity contribution is 7.79. The van der Waals surface area contributed by atoms with Crippen LogP contribution in [0.15, 0.2) is 36.7 Å². The number of carbonyl (C=O) groups excluding carboxylic acids is 1. The van der Waals surface area contributed by atoms with Crippen molar-refractivity contribution in [1.82, 2.24) is 15.0 Å². The molecule has 2 atom stereocenters. The Hall–Kier alpha value is -2.56. The zero-order valence-corrected chi connectivity index (χ0v) is 22.0. The van der Waals surface area contributed by atoms with E-state index in [-0.39, 0.29) is 5.97 Å². The first-order valence-electron chi connectivity index (χ1n) is 12.0. The summed E-state index contributed by atoms with van der Waals surface area (Å²) in [6, 6.07) is 9.59. The molecule has 0 aliphatic carbocycles. The van der Waals surface area contributed by atoms with Crippen LogP contribution in [0.2, 0.25) is 0 Å². The third-order valence-electron chi connectivity index (χ3n) is 6.05. The maximum Gasteiger partial charge on any atom is 0.330 e. The number of benzene rings is 1. The van der Waals surface area contributed by atoms with E-state index in [1.165, 1.54) is 0 Å². The molecule has 2 aromatic rings. The molecule has 9 nitrogen and oxygen atoms in total. The summed E-state index contributed by atoms with van der Waals surface area (Å²) in [4.78, 5) is 28.5. The summed E-state index contributed by atoms with van der Waals surface area (Å²) in [5.74, 6) is 1.80. The molecule has 0 bridgehead atoms. The predicted octanol–water partition coefficient (Wildman–Crippen LogP) is 3.68. The summed E-state index contributed by atoms with van der Waals surface area (Å²) < 4.78 is 22.1. The Kier molecular flexibility index (Phi) is 9.21. The molecule has 1 saturated heterocycles. The van der Waals surface area contributed by atoms with Crippen LogP contribution >= 0.6 is 0 Å². The molecule has 3 rings (SSSR count). The summed E-state index contributed by atoms with van der Waals surface area (Å²) in [6.45, 7) is 9.59. The maximum absolute atomic E-state index is 12.1. The first kappa shape index (κ1) is 27.0. The molecule has 1 aromatic heterocycles. The van der Waals surface area contributed by atoms with Crippen LogP contribution in [0, 0.1) is 11.3 Å². The van der Waals surface area contributed by atoms with Gasteiger partial charge in [0.2, 0.25) is 0 Å². The molecule has 2 unspecified atom stereocenters. The fraction of sp³-hybridized carbons (Fsp3) is 0.560. The van der Waals surface area contributed by atoms with Gasteiger partial charge in [0.05, 0.1) is 5.41 Å². The SMILES string of the molecule is CC(Cc1ccc(Nc2cc(N(C)CC3CCN(OC(=O)C(C)(C)C)CC3)ncn2)cc1)S(=O)[O-]. The van der Waals surface area contributed by atoms with Gasteiger partial charge in [-0.15, -0.1) is 5.06 Å². The number of hydrogen-bond acceptors (Lipinski definition) is 9. The number of nitrogens with one attached hydrogen (secondary N) is 1. The number of anilines is 3. The molecule has 1 fully saturated rings. The second-order valence-electron chi connectivity index (χ2n) is 10.2. The molecule has 2 heterocycles. The van der Waals surface area contributed by atoms with Crippen molar-refractivity contribution in [2.75, 3.05) is 36.9 Å². The Morgan fingerprint density at radius 1 is 1.26 bits per heavy atom. The maximum atomic E-state index is 12.1. The van der Waals surface area contributed by atoms with Crippen LogP contribution in [0.3, 0.4) is 0 Å². The molecular formula is C25H36N5O4S-. The zero-order valence-electron chi connectivity index (χ0n) is 21.2. The first-order chi connectivity index (χ1) is 16.5. The van der Waals surface area contributed by atoms with Gasteiger partial charge in [-0.2, -0.15) is 0 Å². The van der Waals surface area contributed by atoms with Gasteiger partial charge in [-0.1, -0.05) is 30.1 Å². The fourth-order valence-electron chi connectivity index (χ4n) is 3.81. The molecule has 35 heavy (non-hydrogen) atoms. The van der Waals surface area contributed by atoms with Crippen molar-refractivity contribution in [1.29, 1.82) is 0 Å². The van der Waals surface area contributed by atoms with Gasteiger partial charge in [-0.3, -0.25) is 4.21 Å². The lowest BCUT2D eigenvalue weighted by Gasteiger charge is -2.34. The summed E-state index contributed by atoms with van der Waals surface area (Å²) in [5.41, 5.74) is 1.33. The van der Waals surface area contributed by atoms with Crippen LogP contribution in [-0.2, 0) is 27.1 Å². The molecule has 0 saturated carbocycles. The van der Waals surface area contributed by atoms with Crippen molar-refractivity contribution in [3.05, 3.63) is 42.2 Å². The number of aromatic nitrogens is 2. The summed E-state index contributed by atoms with van der Waals surface area (Å²) in [5, 5.41) is 4.65. The highest BCUT2D eigenvalue weighted by Gasteiger charge is 2.28. The number of carbonyl (C=O) groups is 1. The van der Waals surface area contributed by atoms with E-state index >= 15 is 0 Å². The monoisotopic (exact) mass is 502 g/mol. The number of rotatable bonds is 9. The quantitative estimate of drug-likeness (QED) is 0.513. The van der Waals surface area contributed by atoms with E-state index < -0.39 is 21.7 Å². The smallest absolute Gasteiger partial charge is 0.330 e. The van der Waals surface area contributed by atoms with Crippen LogP contribution in [-0.4, -0.2) is 61.7 Å². The van der Waals surface area contributed by atoms with Crippen molar-refractivity contribution in [3.8, 4) is 0 Å². The minimum atomic E-state index is -2.08. The van der Waals surface area contributed by atoms with Gasteiger partial charge in [0.1, 0.15) is 18.0 Å². The molecule has 1 aliphatic heterocycles. The Morgan fingerprint density at radius 3 is 2.51 bits per heavy atom. The Balaban J connectivity index is 1.51. The van der Waals surface area contributed by atoms with Gasteiger partial charge in [0, 0.05) is 43.7 Å². The van der Waals surface area contributed by atoms with Gasteiger partial charge in [0.25, 0.3) is 0 Å². The molecule has 1 N–H and O–H groups in total. The summed E-state index contributed by atoms with van der Waals surface area (Å²) in [7, 11) is 2.02. The van der Waals surface area contributed by atoms with Crippen LogP contribution in [0.1, 0.15) is 46.1 Å². The molecule has 0 radical (unpaired) electrons. The molecular weight excluding hydrogens is 466 g/mol. The molecule has 1 aromatic carbocycles. The van der Waals surface area contributed by atoms with Crippen molar-refractivity contribution in [2.24, 2.45) is 11.3 Å². The van der Waals surface area contributed by atoms with E-state index in [4.69, 9.17) is 4.84 Å². The minimum Gasteiger partial charge on any atom is -0.772 e. The lowest BCUT2D eigenvalue weighted by Crippen LogP contribution is -2.41. The molecule has 0 amide bonds. The van der Waals surface area contributed by atoms with Gasteiger partial charge < -0.3 is 19.6 Å². The van der Waals surface area contributed by atoms with Crippen molar-refractivity contribution in [2.45, 2.75) is 52.2 Å². The van der Waals surface area contributed by atoms with E-state index in [9.17, 15) is 13.6 Å². The van der Waals surface area contributed by atoms with E-state index in [0.29, 0.717) is 18.2 Å². The third-order valence-corrected chi connectivity index (χ3v) is 6.88. The zero-order chi connectivity index (χ0) is 25.6. The number of hydrogen-bond donors (Lipinski definition) is 1. The van der Waals surface area contributed by atoms with Crippen molar-refractivity contribution in [3.63, 3.8) is 0 Å². The Bertz CT molecular complexity index is 1000. The highest BCUT2D eigenvalue weighted by atomic mass is 32.2. The topological polar surface area (TPSA) is 111 Å². The molecule has 192 valence electrons. The number of hydroxylamine groups is 2. The van der Waals surface area contributed by atoms with E-state index in [1.54, 1.807) is 18.3 Å². The Morgan fingerprint density at radius 2 is 1.91 bits per heavy atom. The standard InChI is InChI=1S/C25H37N5O4S/c1-18(35(32)33)14-19-6-8-21(9-7-19)28-22-15-23(27-17-26-22)29(5)16-20-10-12-30(13-11-20)34-24(31)25(2,3)4/h6-9,15,17-18,20H,10-14,16H2,1-5H3,(H,32,33)(H,26,27,28)/p-1. The van der Waals surface area contributed by atoms with E-state index in [1.807, 2.05) is 58.2 Å². The molecule has 1 aliphatic rings. The lowest BCUT2D eigenvalue weighted by atomic mass is 9.97. The Labute approximate surface area is 210 Å². The average Bonchev–Trinajstić information content (AvgIpc) is 2.81. The van der Waals surface area contributed by atoms with Gasteiger partial charge >= 0.3 is 5.97 Å². The summed E-state index contributed by atoms with van der Waals surface area (Å²) in [6.07, 6.45) is 3.92. The average molecular weight is 503 g/mol. The largest absolute Gasteiger partial charge is 0.772 e. The number of nitrogens with zero attached hydrogens (tertiary/aromatic N) is 4. The van der Waals surface area contributed by atoms with Crippen LogP contribution < -0.4 is 10.2 Å². The molecule has 0 spiro atoms. The van der Waals surface area contributed by atoms with Crippen molar-refractivity contribution >= 4 is 34.4 Å². The van der Waals surface area contributed by atoms with Gasteiger partial charge in [-0.05, 0) is 63.6 Å². The summed E-state index contributed by atoms with van der Waals surface area (Å²) >= 11 is -2.08.